The summed E-state index contributed by atoms with van der Waals surface area (Å²) in [6.07, 6.45) is 2.83. The second-order valence-electron chi connectivity index (χ2n) is 4.53. The molecule has 0 unspecified atom stereocenters. The Hall–Kier alpha value is -2.04. The summed E-state index contributed by atoms with van der Waals surface area (Å²) in [4.78, 5) is 12.2. The van der Waals surface area contributed by atoms with E-state index in [0.29, 0.717) is 17.1 Å². The fourth-order valence-electron chi connectivity index (χ4n) is 2.01. The molecule has 0 spiro atoms. The van der Waals surface area contributed by atoms with Crippen LogP contribution < -0.4 is 9.47 Å². The van der Waals surface area contributed by atoms with Gasteiger partial charge in [0.05, 0.1) is 24.3 Å². The van der Waals surface area contributed by atoms with Gasteiger partial charge in [-0.25, -0.2) is 4.39 Å². The van der Waals surface area contributed by atoms with Crippen molar-refractivity contribution in [3.05, 3.63) is 63.4 Å². The number of carbonyl (C=O) groups excluding carboxylic acids is 1. The minimum Gasteiger partial charge on any atom is -0.493 e. The topological polar surface area (TPSA) is 35.5 Å². The Bertz CT molecular complexity index is 773. The molecule has 0 saturated heterocycles. The predicted octanol–water partition coefficient (Wildman–Crippen LogP) is 5.05. The summed E-state index contributed by atoms with van der Waals surface area (Å²) in [6, 6.07) is 7.48. The maximum absolute atomic E-state index is 13.5. The predicted molar refractivity (Wildman–Crippen MR) is 89.3 cm³/mol. The fraction of sp³-hybridized carbons (Fsp3) is 0.118. The number of para-hydroxylation sites is 1. The zero-order valence-corrected chi connectivity index (χ0v) is 13.9. The van der Waals surface area contributed by atoms with Crippen LogP contribution in [0, 0.1) is 5.82 Å². The van der Waals surface area contributed by atoms with Crippen LogP contribution in [0.25, 0.3) is 6.08 Å². The van der Waals surface area contributed by atoms with Gasteiger partial charge >= 0.3 is 0 Å². The standard InChI is InChI=1S/C17H13Cl2FO3/c1-22-16-5-3-4-10(17(16)23-2)6-7-15(21)11-8-14(20)13(19)9-12(11)18/h3-9H,1-2H3/b7-6+. The maximum atomic E-state index is 13.5. The number of carbonyl (C=O) groups is 1. The first-order chi connectivity index (χ1) is 11.0. The van der Waals surface area contributed by atoms with Crippen LogP contribution in [-0.2, 0) is 0 Å². The smallest absolute Gasteiger partial charge is 0.187 e. The molecule has 2 aromatic rings. The van der Waals surface area contributed by atoms with Crippen LogP contribution in [0.2, 0.25) is 10.0 Å². The third kappa shape index (κ3) is 3.84. The molecule has 6 heteroatoms. The number of hydrogen-bond donors (Lipinski definition) is 0. The SMILES string of the molecule is COc1cccc(/C=C/C(=O)c2cc(F)c(Cl)cc2Cl)c1OC. The van der Waals surface area contributed by atoms with E-state index < -0.39 is 11.6 Å². The van der Waals surface area contributed by atoms with Crippen molar-refractivity contribution >= 4 is 35.1 Å². The molecular weight excluding hydrogens is 342 g/mol. The van der Waals surface area contributed by atoms with Crippen molar-refractivity contribution in [1.29, 1.82) is 0 Å². The highest BCUT2D eigenvalue weighted by atomic mass is 35.5. The molecule has 23 heavy (non-hydrogen) atoms. The van der Waals surface area contributed by atoms with Gasteiger partial charge in [0.15, 0.2) is 17.3 Å². The number of rotatable bonds is 5. The van der Waals surface area contributed by atoms with Crippen LogP contribution in [0.3, 0.4) is 0 Å². The van der Waals surface area contributed by atoms with Gasteiger partial charge < -0.3 is 9.47 Å². The Morgan fingerprint density at radius 1 is 1.13 bits per heavy atom. The van der Waals surface area contributed by atoms with Crippen molar-refractivity contribution in [1.82, 2.24) is 0 Å². The third-order valence-electron chi connectivity index (χ3n) is 3.12. The van der Waals surface area contributed by atoms with Crippen molar-refractivity contribution in [3.63, 3.8) is 0 Å². The molecule has 0 aliphatic heterocycles. The molecule has 0 heterocycles. The summed E-state index contributed by atoms with van der Waals surface area (Å²) in [5.74, 6) is -0.118. The van der Waals surface area contributed by atoms with E-state index in [1.165, 1.54) is 26.4 Å². The van der Waals surface area contributed by atoms with Crippen molar-refractivity contribution < 1.29 is 18.7 Å². The van der Waals surface area contributed by atoms with Crippen molar-refractivity contribution in [2.75, 3.05) is 14.2 Å². The summed E-state index contributed by atoms with van der Waals surface area (Å²) in [7, 11) is 3.02. The molecule has 0 bridgehead atoms. The molecule has 120 valence electrons. The van der Waals surface area contributed by atoms with E-state index in [0.717, 1.165) is 6.07 Å². The van der Waals surface area contributed by atoms with Crippen LogP contribution >= 0.6 is 23.2 Å². The van der Waals surface area contributed by atoms with Crippen molar-refractivity contribution in [3.8, 4) is 11.5 Å². The quantitative estimate of drug-likeness (QED) is 0.428. The Kier molecular flexibility index (Phi) is 5.64. The van der Waals surface area contributed by atoms with Gasteiger partial charge in [-0.3, -0.25) is 4.79 Å². The second-order valence-corrected chi connectivity index (χ2v) is 5.34. The molecule has 0 amide bonds. The maximum Gasteiger partial charge on any atom is 0.187 e. The summed E-state index contributed by atoms with van der Waals surface area (Å²) in [5.41, 5.74) is 0.678. The first kappa shape index (κ1) is 17.3. The lowest BCUT2D eigenvalue weighted by Gasteiger charge is -2.09. The number of ether oxygens (including phenoxy) is 2. The van der Waals surface area contributed by atoms with E-state index in [4.69, 9.17) is 32.7 Å². The molecule has 0 atom stereocenters. The van der Waals surface area contributed by atoms with Crippen molar-refractivity contribution in [2.24, 2.45) is 0 Å². The third-order valence-corrected chi connectivity index (χ3v) is 3.73. The van der Waals surface area contributed by atoms with Crippen LogP contribution in [0.1, 0.15) is 15.9 Å². The number of allylic oxidation sites excluding steroid dienone is 1. The van der Waals surface area contributed by atoms with Gasteiger partial charge in [-0.2, -0.15) is 0 Å². The molecule has 3 nitrogen and oxygen atoms in total. The van der Waals surface area contributed by atoms with Crippen molar-refractivity contribution in [2.45, 2.75) is 0 Å². The van der Waals surface area contributed by atoms with Gasteiger partial charge in [-0.05, 0) is 30.4 Å². The van der Waals surface area contributed by atoms with Crippen LogP contribution in [0.5, 0.6) is 11.5 Å². The lowest BCUT2D eigenvalue weighted by atomic mass is 10.1. The van der Waals surface area contributed by atoms with E-state index in [1.807, 2.05) is 0 Å². The van der Waals surface area contributed by atoms with Gasteiger partial charge in [0.2, 0.25) is 0 Å². The van der Waals surface area contributed by atoms with Crippen LogP contribution in [0.4, 0.5) is 4.39 Å². The summed E-state index contributed by atoms with van der Waals surface area (Å²) >= 11 is 11.6. The van der Waals surface area contributed by atoms with E-state index in [9.17, 15) is 9.18 Å². The largest absolute Gasteiger partial charge is 0.493 e. The highest BCUT2D eigenvalue weighted by Crippen LogP contribution is 2.32. The fourth-order valence-corrected chi connectivity index (χ4v) is 2.49. The number of hydrogen-bond acceptors (Lipinski definition) is 3. The molecular formula is C17H13Cl2FO3. The average molecular weight is 355 g/mol. The molecule has 0 aliphatic rings. The monoisotopic (exact) mass is 354 g/mol. The zero-order valence-electron chi connectivity index (χ0n) is 12.4. The van der Waals surface area contributed by atoms with Gasteiger partial charge in [0, 0.05) is 11.1 Å². The number of benzene rings is 2. The van der Waals surface area contributed by atoms with E-state index in [2.05, 4.69) is 0 Å². The molecule has 2 aromatic carbocycles. The van der Waals surface area contributed by atoms with Gasteiger partial charge in [0.1, 0.15) is 5.82 Å². The van der Waals surface area contributed by atoms with Gasteiger partial charge in [0.25, 0.3) is 0 Å². The Labute approximate surface area is 143 Å². The van der Waals surface area contributed by atoms with Gasteiger partial charge in [-0.15, -0.1) is 0 Å². The molecule has 0 fully saturated rings. The normalized spacial score (nSPS) is 10.8. The minimum absolute atomic E-state index is 0.0340. The second kappa shape index (κ2) is 7.49. The molecule has 2 rings (SSSR count). The molecule has 0 radical (unpaired) electrons. The number of ketones is 1. The summed E-state index contributed by atoms with van der Waals surface area (Å²) in [5, 5.41) is -0.0475. The molecule has 0 saturated carbocycles. The number of methoxy groups -OCH3 is 2. The molecule has 0 aliphatic carbocycles. The first-order valence-electron chi connectivity index (χ1n) is 6.56. The lowest BCUT2D eigenvalue weighted by Crippen LogP contribution is -1.98. The highest BCUT2D eigenvalue weighted by molar-refractivity contribution is 6.37. The van der Waals surface area contributed by atoms with E-state index in [-0.39, 0.29) is 15.6 Å². The Morgan fingerprint density at radius 3 is 2.52 bits per heavy atom. The van der Waals surface area contributed by atoms with Crippen LogP contribution in [-0.4, -0.2) is 20.0 Å². The Morgan fingerprint density at radius 2 is 1.87 bits per heavy atom. The zero-order chi connectivity index (χ0) is 17.0. The average Bonchev–Trinajstić information content (AvgIpc) is 2.55. The van der Waals surface area contributed by atoms with E-state index in [1.54, 1.807) is 24.3 Å². The molecule has 0 aromatic heterocycles. The van der Waals surface area contributed by atoms with Crippen LogP contribution in [0.15, 0.2) is 36.4 Å². The highest BCUT2D eigenvalue weighted by Gasteiger charge is 2.13. The van der Waals surface area contributed by atoms with Gasteiger partial charge in [-0.1, -0.05) is 35.3 Å². The lowest BCUT2D eigenvalue weighted by molar-refractivity contribution is 0.104. The number of halogens is 3. The first-order valence-corrected chi connectivity index (χ1v) is 7.31. The van der Waals surface area contributed by atoms with E-state index >= 15 is 0 Å². The Balaban J connectivity index is 2.34. The summed E-state index contributed by atoms with van der Waals surface area (Å²) in [6.45, 7) is 0. The summed E-state index contributed by atoms with van der Waals surface area (Å²) < 4.78 is 24.0. The molecule has 0 N–H and O–H groups in total. The minimum atomic E-state index is -0.702.